The van der Waals surface area contributed by atoms with Crippen LogP contribution in [0.4, 0.5) is 5.69 Å². The number of hydrogen-bond donors (Lipinski definition) is 1. The van der Waals surface area contributed by atoms with Crippen molar-refractivity contribution in [3.63, 3.8) is 0 Å². The highest BCUT2D eigenvalue weighted by atomic mass is 15.2. The smallest absolute Gasteiger partial charge is 0.101 e. The van der Waals surface area contributed by atoms with Crippen molar-refractivity contribution in [2.75, 3.05) is 18.0 Å². The van der Waals surface area contributed by atoms with Crippen LogP contribution >= 0.6 is 0 Å². The van der Waals surface area contributed by atoms with Gasteiger partial charge < -0.3 is 10.2 Å². The fourth-order valence-electron chi connectivity index (χ4n) is 5.30. The number of aromatic nitrogens is 2. The van der Waals surface area contributed by atoms with Crippen molar-refractivity contribution >= 4 is 16.6 Å². The summed E-state index contributed by atoms with van der Waals surface area (Å²) < 4.78 is 0. The molecule has 2 atom stereocenters. The Morgan fingerprint density at radius 2 is 1.77 bits per heavy atom. The van der Waals surface area contributed by atoms with E-state index in [0.29, 0.717) is 17.5 Å². The standard InChI is InChI=1S/C30H31N5/c1-20-13-27(19-35(18-20)29-11-10-25(16-31)30-28(29)5-4-12-32-30)33-17-23-6-8-24(9-7-23)26-14-21(2)34-22(3)15-26/h4-12,14-15,20,27,33H,13,17-19H2,1-3H3/t20-,27+/m0/s1. The number of fused-ring (bicyclic) bond motifs is 1. The molecule has 176 valence electrons. The number of benzene rings is 2. The summed E-state index contributed by atoms with van der Waals surface area (Å²) in [5, 5.41) is 14.3. The molecule has 35 heavy (non-hydrogen) atoms. The second-order valence-corrected chi connectivity index (χ2v) is 9.80. The number of nitriles is 1. The summed E-state index contributed by atoms with van der Waals surface area (Å²) in [5.41, 5.74) is 8.41. The Kier molecular flexibility index (Phi) is 6.48. The van der Waals surface area contributed by atoms with E-state index < -0.39 is 0 Å². The molecule has 1 aliphatic rings. The maximum Gasteiger partial charge on any atom is 0.101 e. The lowest BCUT2D eigenvalue weighted by atomic mass is 9.94. The van der Waals surface area contributed by atoms with Crippen LogP contribution in [0.5, 0.6) is 0 Å². The minimum Gasteiger partial charge on any atom is -0.369 e. The summed E-state index contributed by atoms with van der Waals surface area (Å²) in [6.45, 7) is 9.19. The number of nitrogens with zero attached hydrogens (tertiary/aromatic N) is 4. The van der Waals surface area contributed by atoms with Crippen LogP contribution in [-0.4, -0.2) is 29.1 Å². The van der Waals surface area contributed by atoms with Crippen molar-refractivity contribution in [3.05, 3.63) is 89.4 Å². The zero-order valence-corrected chi connectivity index (χ0v) is 20.6. The number of anilines is 1. The molecule has 1 saturated heterocycles. The first-order chi connectivity index (χ1) is 17.0. The topological polar surface area (TPSA) is 64.8 Å². The van der Waals surface area contributed by atoms with Gasteiger partial charge in [-0.2, -0.15) is 5.26 Å². The summed E-state index contributed by atoms with van der Waals surface area (Å²) in [6, 6.07) is 23.8. The van der Waals surface area contributed by atoms with Gasteiger partial charge in [0.05, 0.1) is 11.1 Å². The van der Waals surface area contributed by atoms with Crippen molar-refractivity contribution in [3.8, 4) is 17.2 Å². The van der Waals surface area contributed by atoms with E-state index in [1.165, 1.54) is 16.7 Å². The molecule has 5 rings (SSSR count). The number of hydrogen-bond acceptors (Lipinski definition) is 5. The molecule has 5 nitrogen and oxygen atoms in total. The summed E-state index contributed by atoms with van der Waals surface area (Å²) in [6.07, 6.45) is 2.91. The Hall–Kier alpha value is -3.75. The first-order valence-electron chi connectivity index (χ1n) is 12.3. The third kappa shape index (κ3) is 5.03. The molecule has 1 N–H and O–H groups in total. The van der Waals surface area contributed by atoms with E-state index in [9.17, 15) is 5.26 Å². The molecule has 0 unspecified atom stereocenters. The maximum absolute atomic E-state index is 9.49. The lowest BCUT2D eigenvalue weighted by Gasteiger charge is -2.39. The lowest BCUT2D eigenvalue weighted by Crippen LogP contribution is -2.48. The molecule has 0 spiro atoms. The van der Waals surface area contributed by atoms with Crippen LogP contribution in [0.3, 0.4) is 0 Å². The van der Waals surface area contributed by atoms with Crippen molar-refractivity contribution in [2.24, 2.45) is 5.92 Å². The van der Waals surface area contributed by atoms with Crippen LogP contribution in [0, 0.1) is 31.1 Å². The molecule has 4 aromatic rings. The molecule has 5 heteroatoms. The molecule has 2 aromatic carbocycles. The monoisotopic (exact) mass is 461 g/mol. The molecule has 0 amide bonds. The average molecular weight is 462 g/mol. The summed E-state index contributed by atoms with van der Waals surface area (Å²) in [4.78, 5) is 11.4. The van der Waals surface area contributed by atoms with Crippen LogP contribution in [0.2, 0.25) is 0 Å². The SMILES string of the molecule is Cc1cc(-c2ccc(CN[C@@H]3C[C@H](C)CN(c4ccc(C#N)c5ncccc45)C3)cc2)cc(C)n1. The third-order valence-corrected chi connectivity index (χ3v) is 6.83. The first kappa shape index (κ1) is 23.0. The Bertz CT molecular complexity index is 1370. The fraction of sp³-hybridized carbons (Fsp3) is 0.300. The van der Waals surface area contributed by atoms with Gasteiger partial charge >= 0.3 is 0 Å². The molecule has 1 fully saturated rings. The molecule has 3 heterocycles. The highest BCUT2D eigenvalue weighted by Crippen LogP contribution is 2.31. The molecular weight excluding hydrogens is 430 g/mol. The van der Waals surface area contributed by atoms with Crippen molar-refractivity contribution in [1.29, 1.82) is 5.26 Å². The number of rotatable bonds is 5. The fourth-order valence-corrected chi connectivity index (χ4v) is 5.30. The van der Waals surface area contributed by atoms with Crippen LogP contribution in [0.1, 0.15) is 35.9 Å². The van der Waals surface area contributed by atoms with Gasteiger partial charge in [0.1, 0.15) is 6.07 Å². The summed E-state index contributed by atoms with van der Waals surface area (Å²) >= 11 is 0. The van der Waals surface area contributed by atoms with Gasteiger partial charge in [-0.3, -0.25) is 9.97 Å². The van der Waals surface area contributed by atoms with E-state index in [-0.39, 0.29) is 0 Å². The Morgan fingerprint density at radius 3 is 2.51 bits per heavy atom. The van der Waals surface area contributed by atoms with E-state index in [4.69, 9.17) is 0 Å². The van der Waals surface area contributed by atoms with E-state index in [2.05, 4.69) is 81.7 Å². The minimum atomic E-state index is 0.395. The van der Waals surface area contributed by atoms with E-state index in [1.54, 1.807) is 6.20 Å². The van der Waals surface area contributed by atoms with Gasteiger partial charge in [0.2, 0.25) is 0 Å². The molecule has 0 aliphatic carbocycles. The lowest BCUT2D eigenvalue weighted by molar-refractivity contribution is 0.350. The van der Waals surface area contributed by atoms with Crippen LogP contribution in [0.25, 0.3) is 22.0 Å². The average Bonchev–Trinajstić information content (AvgIpc) is 2.86. The van der Waals surface area contributed by atoms with Crippen molar-refractivity contribution < 1.29 is 0 Å². The van der Waals surface area contributed by atoms with Crippen molar-refractivity contribution in [1.82, 2.24) is 15.3 Å². The van der Waals surface area contributed by atoms with Gasteiger partial charge in [-0.1, -0.05) is 31.2 Å². The van der Waals surface area contributed by atoms with Gasteiger partial charge in [-0.15, -0.1) is 0 Å². The summed E-state index contributed by atoms with van der Waals surface area (Å²) in [5.74, 6) is 0.573. The number of nitrogens with one attached hydrogen (secondary N) is 1. The summed E-state index contributed by atoms with van der Waals surface area (Å²) in [7, 11) is 0. The molecular formula is C30H31N5. The molecule has 0 saturated carbocycles. The molecule has 1 aliphatic heterocycles. The highest BCUT2D eigenvalue weighted by molar-refractivity contribution is 5.95. The van der Waals surface area contributed by atoms with Gasteiger partial charge in [-0.25, -0.2) is 0 Å². The molecule has 2 aromatic heterocycles. The zero-order valence-electron chi connectivity index (χ0n) is 20.6. The third-order valence-electron chi connectivity index (χ3n) is 6.83. The Morgan fingerprint density at radius 1 is 1.00 bits per heavy atom. The Labute approximate surface area is 207 Å². The Balaban J connectivity index is 1.29. The van der Waals surface area contributed by atoms with Gasteiger partial charge in [0, 0.05) is 54.3 Å². The quantitative estimate of drug-likeness (QED) is 0.407. The van der Waals surface area contributed by atoms with Gasteiger partial charge in [-0.05, 0) is 79.3 Å². The highest BCUT2D eigenvalue weighted by Gasteiger charge is 2.26. The van der Waals surface area contributed by atoms with E-state index >= 15 is 0 Å². The molecule has 0 radical (unpaired) electrons. The minimum absolute atomic E-state index is 0.395. The number of pyridine rings is 2. The van der Waals surface area contributed by atoms with Gasteiger partial charge in [0.25, 0.3) is 0 Å². The molecule has 0 bridgehead atoms. The normalized spacial score (nSPS) is 17.9. The van der Waals surface area contributed by atoms with Crippen LogP contribution < -0.4 is 10.2 Å². The van der Waals surface area contributed by atoms with Crippen LogP contribution in [0.15, 0.2) is 66.9 Å². The maximum atomic E-state index is 9.49. The van der Waals surface area contributed by atoms with E-state index in [1.807, 2.05) is 26.0 Å². The van der Waals surface area contributed by atoms with E-state index in [0.717, 1.165) is 54.0 Å². The second-order valence-electron chi connectivity index (χ2n) is 9.80. The predicted octanol–water partition coefficient (Wildman–Crippen LogP) is 5.79. The van der Waals surface area contributed by atoms with Crippen LogP contribution in [-0.2, 0) is 6.54 Å². The van der Waals surface area contributed by atoms with Gasteiger partial charge in [0.15, 0.2) is 0 Å². The largest absolute Gasteiger partial charge is 0.369 e. The zero-order chi connectivity index (χ0) is 24.4. The number of piperidine rings is 1. The predicted molar refractivity (Wildman–Crippen MR) is 142 cm³/mol. The second kappa shape index (κ2) is 9.85. The first-order valence-corrected chi connectivity index (χ1v) is 12.3. The number of aryl methyl sites for hydroxylation is 2. The van der Waals surface area contributed by atoms with Crippen molar-refractivity contribution in [2.45, 2.75) is 39.8 Å².